The van der Waals surface area contributed by atoms with Gasteiger partial charge in [0.05, 0.1) is 64.2 Å². The van der Waals surface area contributed by atoms with Gasteiger partial charge in [-0.3, -0.25) is 29.0 Å². The second kappa shape index (κ2) is 28.4. The van der Waals surface area contributed by atoms with Crippen molar-refractivity contribution in [1.82, 2.24) is 9.80 Å². The first-order valence-corrected chi connectivity index (χ1v) is 31.4. The average molecular weight is 1240 g/mol. The van der Waals surface area contributed by atoms with E-state index in [4.69, 9.17) is 37.9 Å². The number of ether oxygens (including phenoxy) is 8. The fourth-order valence-corrected chi connectivity index (χ4v) is 14.7. The van der Waals surface area contributed by atoms with Gasteiger partial charge in [-0.25, -0.2) is 9.59 Å². The molecule has 20 heteroatoms. The summed E-state index contributed by atoms with van der Waals surface area (Å²) in [7, 11) is 6.18. The predicted octanol–water partition coefficient (Wildman–Crippen LogP) is 11.6. The normalized spacial score (nSPS) is 18.6. The van der Waals surface area contributed by atoms with Crippen molar-refractivity contribution < 1.29 is 66.7 Å². The monoisotopic (exact) mass is 1230 g/mol. The van der Waals surface area contributed by atoms with E-state index in [2.05, 4.69) is 9.80 Å². The molecule has 4 aliphatic rings. The first kappa shape index (κ1) is 63.0. The molecular weight excluding hydrogens is 1160 g/mol. The second-order valence-corrected chi connectivity index (χ2v) is 24.4. The summed E-state index contributed by atoms with van der Waals surface area (Å²) in [5, 5.41) is -4.20. The predicted molar refractivity (Wildman–Crippen MR) is 335 cm³/mol. The van der Waals surface area contributed by atoms with Crippen LogP contribution in [0.3, 0.4) is 0 Å². The molecular formula is C68H74N4O14S2. The molecule has 2 fully saturated rings. The summed E-state index contributed by atoms with van der Waals surface area (Å²) in [5.74, 6) is -1.10. The number of carbonyl (C=O) groups is 6. The number of unbranched alkanes of at least 4 members (excludes halogenated alkanes) is 2. The molecule has 88 heavy (non-hydrogen) atoms. The van der Waals surface area contributed by atoms with E-state index < -0.39 is 33.9 Å². The molecule has 4 aliphatic heterocycles. The zero-order chi connectivity index (χ0) is 62.0. The maximum absolute atomic E-state index is 15.2. The third-order valence-corrected chi connectivity index (χ3v) is 19.2. The Balaban J connectivity index is 0.858. The third-order valence-electron chi connectivity index (χ3n) is 16.5. The number of anilines is 2. The summed E-state index contributed by atoms with van der Waals surface area (Å²) < 4.78 is 48.2. The van der Waals surface area contributed by atoms with E-state index in [1.165, 1.54) is 37.9 Å². The number of thioether (sulfide) groups is 2. The number of Topliss-reactive ketones (excluding diaryl/α,β-unsaturated/α-hetero) is 2. The van der Waals surface area contributed by atoms with Crippen LogP contribution < -0.4 is 38.2 Å². The fraction of sp³-hybridized carbons (Fsp3) is 0.382. The number of carbonyl (C=O) groups excluding carboxylic acids is 6. The van der Waals surface area contributed by atoms with Crippen LogP contribution in [-0.2, 0) is 38.8 Å². The highest BCUT2D eigenvalue weighted by molar-refractivity contribution is 8.01. The highest BCUT2D eigenvalue weighted by atomic mass is 32.2. The minimum Gasteiger partial charge on any atom is -0.497 e. The zero-order valence-electron chi connectivity index (χ0n) is 50.5. The van der Waals surface area contributed by atoms with Gasteiger partial charge >= 0.3 is 11.9 Å². The average Bonchev–Trinajstić information content (AvgIpc) is 1.63. The van der Waals surface area contributed by atoms with Gasteiger partial charge in [0.25, 0.3) is 10.1 Å². The molecule has 0 radical (unpaired) electrons. The number of nitrogens with zero attached hydrogens (tertiary/aromatic N) is 4. The maximum Gasteiger partial charge on any atom is 0.420 e. The lowest BCUT2D eigenvalue weighted by atomic mass is 9.89. The van der Waals surface area contributed by atoms with Crippen LogP contribution in [0.4, 0.5) is 11.4 Å². The molecule has 0 aromatic heterocycles. The van der Waals surface area contributed by atoms with Crippen LogP contribution in [0.5, 0.6) is 34.5 Å². The topological polar surface area (TPSA) is 189 Å². The van der Waals surface area contributed by atoms with Crippen molar-refractivity contribution in [3.05, 3.63) is 156 Å². The summed E-state index contributed by atoms with van der Waals surface area (Å²) in [4.78, 5) is 93.8. The molecule has 6 aromatic carbocycles. The molecule has 2 saturated heterocycles. The van der Waals surface area contributed by atoms with Gasteiger partial charge in [-0.1, -0.05) is 24.3 Å². The first-order chi connectivity index (χ1) is 42.7. The maximum atomic E-state index is 15.2. The van der Waals surface area contributed by atoms with E-state index in [1.807, 2.05) is 48.5 Å². The SMILES string of the molecule is COc1ccc(C(=O)C2CCN(CCCCOc3ccc(OC)cc3C3(OC(=O)C(=O)OC4(c5cc(OC)ccc5OCCCCN5CCC(C(=O)c6ccc(OC)cc6)CC5)Sc5ccccc5N4C(C)=O)Sc4ccccc4N3C(C)=O)CC2)cc1. The molecule has 2 amide bonds. The Hall–Kier alpha value is -8.04. The Labute approximate surface area is 522 Å². The Morgan fingerprint density at radius 3 is 1.16 bits per heavy atom. The molecule has 10 rings (SSSR count). The first-order valence-electron chi connectivity index (χ1n) is 29.8. The fourth-order valence-electron chi connectivity index (χ4n) is 11.9. The van der Waals surface area contributed by atoms with E-state index in [9.17, 15) is 19.2 Å². The number of piperidine rings is 2. The number of esters is 2. The van der Waals surface area contributed by atoms with Crippen molar-refractivity contribution in [1.29, 1.82) is 0 Å². The van der Waals surface area contributed by atoms with E-state index in [0.29, 0.717) is 68.1 Å². The molecule has 0 bridgehead atoms. The minimum atomic E-state index is -2.10. The number of likely N-dealkylation sites (tertiary alicyclic amines) is 2. The van der Waals surface area contributed by atoms with Crippen molar-refractivity contribution in [3.63, 3.8) is 0 Å². The Kier molecular flexibility index (Phi) is 20.3. The Morgan fingerprint density at radius 2 is 0.807 bits per heavy atom. The van der Waals surface area contributed by atoms with Crippen molar-refractivity contribution in [3.8, 4) is 34.5 Å². The largest absolute Gasteiger partial charge is 0.497 e. The van der Waals surface area contributed by atoms with Gasteiger partial charge in [-0.2, -0.15) is 0 Å². The third kappa shape index (κ3) is 13.6. The van der Waals surface area contributed by atoms with E-state index in [1.54, 1.807) is 99.1 Å². The number of fused-ring (bicyclic) bond motifs is 2. The van der Waals surface area contributed by atoms with Gasteiger partial charge in [0.15, 0.2) is 11.6 Å². The highest BCUT2D eigenvalue weighted by Crippen LogP contribution is 2.61. The molecule has 0 saturated carbocycles. The van der Waals surface area contributed by atoms with E-state index in [-0.39, 0.29) is 59.2 Å². The number of methoxy groups -OCH3 is 4. The summed E-state index contributed by atoms with van der Waals surface area (Å²) in [6.45, 7) is 7.94. The summed E-state index contributed by atoms with van der Waals surface area (Å²) in [6.07, 6.45) is 5.90. The lowest BCUT2D eigenvalue weighted by Crippen LogP contribution is -2.51. The van der Waals surface area contributed by atoms with Crippen LogP contribution in [0.25, 0.3) is 0 Å². The quantitative estimate of drug-likeness (QED) is 0.0240. The molecule has 0 spiro atoms. The van der Waals surface area contributed by atoms with Crippen LogP contribution >= 0.6 is 23.5 Å². The van der Waals surface area contributed by atoms with Crippen LogP contribution in [0.2, 0.25) is 0 Å². The molecule has 4 heterocycles. The number of para-hydroxylation sites is 2. The lowest BCUT2D eigenvalue weighted by Gasteiger charge is -2.39. The van der Waals surface area contributed by atoms with Crippen molar-refractivity contribution in [2.24, 2.45) is 11.8 Å². The van der Waals surface area contributed by atoms with Crippen LogP contribution in [0.15, 0.2) is 143 Å². The minimum absolute atomic E-state index is 0.0463. The molecule has 2 atom stereocenters. The van der Waals surface area contributed by atoms with Gasteiger partial charge in [0, 0.05) is 46.6 Å². The highest BCUT2D eigenvalue weighted by Gasteiger charge is 2.58. The molecule has 6 aromatic rings. The van der Waals surface area contributed by atoms with Crippen LogP contribution in [0.1, 0.15) is 97.1 Å². The van der Waals surface area contributed by atoms with Gasteiger partial charge in [-0.05, 0) is 223 Å². The number of hydrogen-bond donors (Lipinski definition) is 0. The molecule has 18 nitrogen and oxygen atoms in total. The van der Waals surface area contributed by atoms with Crippen molar-refractivity contribution in [2.45, 2.75) is 85.1 Å². The number of amides is 2. The van der Waals surface area contributed by atoms with Crippen LogP contribution in [0, 0.1) is 11.8 Å². The van der Waals surface area contributed by atoms with Gasteiger partial charge in [-0.15, -0.1) is 0 Å². The van der Waals surface area contributed by atoms with Gasteiger partial charge in [0.1, 0.15) is 34.5 Å². The van der Waals surface area contributed by atoms with Crippen molar-refractivity contribution in [2.75, 3.05) is 90.7 Å². The van der Waals surface area contributed by atoms with Gasteiger partial charge < -0.3 is 47.7 Å². The summed E-state index contributed by atoms with van der Waals surface area (Å²) in [6, 6.07) is 38.7. The standard InChI is InChI=1S/C68H74N4O14S2/c1-45(73)71-57-15-7-9-17-61(57)87-67(71,55-43-53(81-5)27-29-59(55)83-41-13-11-35-69-37-31-49(32-38-69)63(75)47-19-23-51(79-3)24-20-47)85-65(77)66(78)86-68(72(46(2)74)58-16-8-10-18-62(58)88-68)56-44-54(82-6)28-30-60(56)84-42-14-12-36-70-39-33-50(34-40-70)64(76)48-21-25-52(80-4)26-22-48/h7-10,15-30,43-44,49-50H,11-14,31-42H2,1-6H3. The number of benzene rings is 6. The molecule has 0 aliphatic carbocycles. The molecule has 0 N–H and O–H groups in total. The summed E-state index contributed by atoms with van der Waals surface area (Å²) in [5.41, 5.74) is 2.65. The van der Waals surface area contributed by atoms with E-state index >= 15 is 9.59 Å². The van der Waals surface area contributed by atoms with Gasteiger partial charge in [0.2, 0.25) is 11.8 Å². The smallest absolute Gasteiger partial charge is 0.420 e. The van der Waals surface area contributed by atoms with Crippen molar-refractivity contribution >= 4 is 70.2 Å². The number of hydrogen-bond acceptors (Lipinski definition) is 18. The second-order valence-electron chi connectivity index (χ2n) is 22.0. The van der Waals surface area contributed by atoms with E-state index in [0.717, 1.165) is 101 Å². The summed E-state index contributed by atoms with van der Waals surface area (Å²) >= 11 is 2.07. The molecule has 462 valence electrons. The Morgan fingerprint density at radius 1 is 0.455 bits per heavy atom. The zero-order valence-corrected chi connectivity index (χ0v) is 52.1. The molecule has 2 unspecified atom stereocenters. The van der Waals surface area contributed by atoms with Crippen LogP contribution in [-0.4, -0.2) is 126 Å². The number of rotatable bonds is 24. The number of ketones is 2. The lowest BCUT2D eigenvalue weighted by molar-refractivity contribution is -0.178. The Bertz CT molecular complexity index is 3270.